The van der Waals surface area contributed by atoms with Crippen LogP contribution in [0.25, 0.3) is 16.9 Å². The summed E-state index contributed by atoms with van der Waals surface area (Å²) in [5, 5.41) is 12.4. The number of aromatic amines is 1. The van der Waals surface area contributed by atoms with E-state index in [-0.39, 0.29) is 41.8 Å². The van der Waals surface area contributed by atoms with Gasteiger partial charge >= 0.3 is 6.09 Å². The Morgan fingerprint density at radius 3 is 2.90 bits per heavy atom. The van der Waals surface area contributed by atoms with Crippen molar-refractivity contribution in [3.63, 3.8) is 0 Å². The van der Waals surface area contributed by atoms with Crippen molar-refractivity contribution < 1.29 is 28.2 Å². The number of H-pyrrole nitrogens is 1. The van der Waals surface area contributed by atoms with Gasteiger partial charge in [0.15, 0.2) is 5.82 Å². The van der Waals surface area contributed by atoms with Crippen molar-refractivity contribution in [2.75, 3.05) is 31.0 Å². The van der Waals surface area contributed by atoms with Crippen LogP contribution in [0.2, 0.25) is 5.02 Å². The van der Waals surface area contributed by atoms with E-state index < -0.39 is 23.9 Å². The van der Waals surface area contributed by atoms with E-state index in [2.05, 4.69) is 35.8 Å². The van der Waals surface area contributed by atoms with Crippen LogP contribution in [-0.2, 0) is 14.3 Å². The lowest BCUT2D eigenvalue weighted by Crippen LogP contribution is -2.33. The van der Waals surface area contributed by atoms with Crippen molar-refractivity contribution >= 4 is 40.9 Å². The summed E-state index contributed by atoms with van der Waals surface area (Å²) in [5.74, 6) is -1.03. The number of imidazole rings is 1. The average Bonchev–Trinajstić information content (AvgIpc) is 3.59. The van der Waals surface area contributed by atoms with Crippen LogP contribution in [0.1, 0.15) is 34.3 Å². The van der Waals surface area contributed by atoms with E-state index in [0.29, 0.717) is 34.2 Å². The van der Waals surface area contributed by atoms with Crippen LogP contribution in [0.15, 0.2) is 48.8 Å². The van der Waals surface area contributed by atoms with Gasteiger partial charge in [0.2, 0.25) is 5.91 Å². The number of aromatic nitrogens is 4. The number of halogens is 2. The Kier molecular flexibility index (Phi) is 7.99. The van der Waals surface area contributed by atoms with Gasteiger partial charge in [-0.3, -0.25) is 14.9 Å². The van der Waals surface area contributed by atoms with Crippen LogP contribution < -0.4 is 16.0 Å². The highest BCUT2D eigenvalue weighted by molar-refractivity contribution is 6.30. The van der Waals surface area contributed by atoms with Gasteiger partial charge in [-0.05, 0) is 37.3 Å². The Morgan fingerprint density at radius 1 is 1.27 bits per heavy atom. The highest BCUT2D eigenvalue weighted by atomic mass is 35.5. The van der Waals surface area contributed by atoms with E-state index in [1.54, 1.807) is 37.4 Å². The first-order valence-electron chi connectivity index (χ1n) is 12.5. The van der Waals surface area contributed by atoms with Crippen LogP contribution in [0.3, 0.4) is 0 Å². The molecule has 212 valence electrons. The molecule has 4 aromatic rings. The first-order valence-corrected chi connectivity index (χ1v) is 12.8. The smallest absolute Gasteiger partial charge is 0.411 e. The molecule has 12 nitrogen and oxygen atoms in total. The number of nitrogens with zero attached hydrogens (tertiary/aromatic N) is 3. The highest BCUT2D eigenvalue weighted by Crippen LogP contribution is 2.31. The first-order chi connectivity index (χ1) is 19.7. The molecule has 0 saturated carbocycles. The maximum Gasteiger partial charge on any atom is 0.411 e. The zero-order valence-corrected chi connectivity index (χ0v) is 22.7. The zero-order valence-electron chi connectivity index (χ0n) is 22.0. The number of amides is 3. The predicted molar refractivity (Wildman–Crippen MR) is 148 cm³/mol. The summed E-state index contributed by atoms with van der Waals surface area (Å²) in [6.45, 7) is 1.74. The molecular formula is C27H25ClFN7O5. The molecule has 0 fully saturated rings. The highest BCUT2D eigenvalue weighted by Gasteiger charge is 2.25. The van der Waals surface area contributed by atoms with E-state index in [0.717, 1.165) is 0 Å². The maximum absolute atomic E-state index is 14.6. The molecule has 0 spiro atoms. The Bertz CT molecular complexity index is 1640. The number of ether oxygens (including phenoxy) is 2. The van der Waals surface area contributed by atoms with Gasteiger partial charge < -0.3 is 25.1 Å². The van der Waals surface area contributed by atoms with E-state index in [1.165, 1.54) is 30.1 Å². The summed E-state index contributed by atoms with van der Waals surface area (Å²) in [4.78, 5) is 45.3. The topological polar surface area (TPSA) is 152 Å². The molecular weight excluding hydrogens is 557 g/mol. The SMILES string of the molecule is COC(=O)Nc1ccc2c(c1)NC(=O)CCOC[C@H](NC(=O)c1cnn(-c3cccc(Cl)c3F)c1C)c1nc-2c[nH]1. The van der Waals surface area contributed by atoms with Gasteiger partial charge in [-0.2, -0.15) is 5.10 Å². The number of benzene rings is 2. The van der Waals surface area contributed by atoms with Crippen LogP contribution >= 0.6 is 11.6 Å². The molecule has 2 aromatic heterocycles. The molecule has 1 aliphatic heterocycles. The summed E-state index contributed by atoms with van der Waals surface area (Å²) in [7, 11) is 1.25. The Morgan fingerprint density at radius 2 is 2.10 bits per heavy atom. The van der Waals surface area contributed by atoms with Gasteiger partial charge in [0.25, 0.3) is 5.91 Å². The van der Waals surface area contributed by atoms with Crippen molar-refractivity contribution in [2.24, 2.45) is 0 Å². The quantitative estimate of drug-likeness (QED) is 0.279. The lowest BCUT2D eigenvalue weighted by molar-refractivity contribution is -0.117. The number of hydrogen-bond donors (Lipinski definition) is 4. The second-order valence-corrected chi connectivity index (χ2v) is 9.48. The summed E-state index contributed by atoms with van der Waals surface area (Å²) < 4.78 is 26.3. The minimum absolute atomic E-state index is 0.0247. The summed E-state index contributed by atoms with van der Waals surface area (Å²) in [5.41, 5.74) is 2.63. The number of fused-ring (bicyclic) bond motifs is 4. The fourth-order valence-corrected chi connectivity index (χ4v) is 4.48. The van der Waals surface area contributed by atoms with Gasteiger partial charge in [0.1, 0.15) is 17.6 Å². The zero-order chi connectivity index (χ0) is 29.1. The third-order valence-corrected chi connectivity index (χ3v) is 6.70. The molecule has 1 aliphatic rings. The lowest BCUT2D eigenvalue weighted by Gasteiger charge is -2.18. The number of methoxy groups -OCH3 is 1. The van der Waals surface area contributed by atoms with Crippen molar-refractivity contribution in [3.8, 4) is 16.9 Å². The van der Waals surface area contributed by atoms with E-state index in [4.69, 9.17) is 16.3 Å². The predicted octanol–water partition coefficient (Wildman–Crippen LogP) is 4.37. The summed E-state index contributed by atoms with van der Waals surface area (Å²) in [6.07, 6.45) is 2.37. The molecule has 14 heteroatoms. The molecule has 4 N–H and O–H groups in total. The third-order valence-electron chi connectivity index (χ3n) is 6.41. The molecule has 2 bridgehead atoms. The van der Waals surface area contributed by atoms with Crippen molar-refractivity contribution in [3.05, 3.63) is 76.7 Å². The number of nitrogens with one attached hydrogen (secondary N) is 4. The fraction of sp³-hybridized carbons (Fsp3) is 0.222. The Labute approximate surface area is 238 Å². The fourth-order valence-electron chi connectivity index (χ4n) is 4.31. The number of carbonyl (C=O) groups is 3. The second kappa shape index (κ2) is 11.8. The van der Waals surface area contributed by atoms with Crippen LogP contribution in [0.4, 0.5) is 20.6 Å². The van der Waals surface area contributed by atoms with Crippen LogP contribution in [0.5, 0.6) is 0 Å². The van der Waals surface area contributed by atoms with Gasteiger partial charge in [-0.15, -0.1) is 0 Å². The minimum atomic E-state index is -0.715. The number of anilines is 2. The first kappa shape index (κ1) is 27.8. The molecule has 0 radical (unpaired) electrons. The molecule has 0 saturated heterocycles. The number of rotatable bonds is 4. The van der Waals surface area contributed by atoms with E-state index >= 15 is 0 Å². The van der Waals surface area contributed by atoms with Gasteiger partial charge in [0.05, 0.1) is 60.6 Å². The molecule has 0 aliphatic carbocycles. The summed E-state index contributed by atoms with van der Waals surface area (Å²) in [6, 6.07) is 8.75. The lowest BCUT2D eigenvalue weighted by atomic mass is 10.1. The standard InChI is InChI=1S/C27H25ClFN7O5/c1-14-17(11-31-36(14)22-5-3-4-18(28)24(22)29)26(38)35-21-13-41-9-8-23(37)33-19-10-15(32-27(39)40-2)6-7-16(19)20-12-30-25(21)34-20/h3-7,10-12,21H,8-9,13H2,1-2H3,(H,30,34)(H,32,39)(H,33,37)(H,35,38)/t21-/m0/s1. The van der Waals surface area contributed by atoms with Crippen molar-refractivity contribution in [1.29, 1.82) is 0 Å². The van der Waals surface area contributed by atoms with Crippen molar-refractivity contribution in [1.82, 2.24) is 25.1 Å². The van der Waals surface area contributed by atoms with Crippen LogP contribution in [0, 0.1) is 12.7 Å². The minimum Gasteiger partial charge on any atom is -0.453 e. The monoisotopic (exact) mass is 581 g/mol. The molecule has 41 heavy (non-hydrogen) atoms. The molecule has 3 amide bonds. The number of carbonyl (C=O) groups excluding carboxylic acids is 3. The van der Waals surface area contributed by atoms with Gasteiger partial charge in [-0.1, -0.05) is 17.7 Å². The second-order valence-electron chi connectivity index (χ2n) is 9.08. The molecule has 1 atom stereocenters. The third kappa shape index (κ3) is 5.90. The van der Waals surface area contributed by atoms with Gasteiger partial charge in [0, 0.05) is 17.4 Å². The Hall–Kier alpha value is -4.75. The summed E-state index contributed by atoms with van der Waals surface area (Å²) >= 11 is 5.92. The van der Waals surface area contributed by atoms with Crippen molar-refractivity contribution in [2.45, 2.75) is 19.4 Å². The number of hydrogen-bond acceptors (Lipinski definition) is 7. The van der Waals surface area contributed by atoms with Gasteiger partial charge in [-0.25, -0.2) is 18.9 Å². The maximum atomic E-state index is 14.6. The molecule has 5 rings (SSSR count). The molecule has 0 unspecified atom stereocenters. The van der Waals surface area contributed by atoms with Crippen LogP contribution in [-0.4, -0.2) is 58.0 Å². The molecule has 2 aromatic carbocycles. The largest absolute Gasteiger partial charge is 0.453 e. The normalized spacial score (nSPS) is 15.1. The molecule has 3 heterocycles. The Balaban J connectivity index is 1.43. The van der Waals surface area contributed by atoms with E-state index in [1.807, 2.05) is 0 Å². The van der Waals surface area contributed by atoms with E-state index in [9.17, 15) is 18.8 Å². The average molecular weight is 582 g/mol.